The number of cyclic esters (lactones) is 1. The second kappa shape index (κ2) is 7.29. The van der Waals surface area contributed by atoms with Gasteiger partial charge in [0.25, 0.3) is 0 Å². The number of hydrogen-bond donors (Lipinski definition) is 0. The maximum absolute atomic E-state index is 12.1. The highest BCUT2D eigenvalue weighted by atomic mass is 16.6. The van der Waals surface area contributed by atoms with E-state index in [0.717, 1.165) is 5.56 Å². The van der Waals surface area contributed by atoms with Crippen molar-refractivity contribution in [3.8, 4) is 0 Å². The third-order valence-electron chi connectivity index (χ3n) is 4.02. The Balaban J connectivity index is 2.08. The van der Waals surface area contributed by atoms with E-state index in [2.05, 4.69) is 0 Å². The van der Waals surface area contributed by atoms with Gasteiger partial charge in [-0.3, -0.25) is 9.69 Å². The number of benzene rings is 1. The van der Waals surface area contributed by atoms with Crippen LogP contribution in [0.25, 0.3) is 0 Å². The summed E-state index contributed by atoms with van der Waals surface area (Å²) in [6.45, 7) is 6.28. The average Bonchev–Trinajstić information content (AvgIpc) is 2.88. The van der Waals surface area contributed by atoms with Gasteiger partial charge in [-0.25, -0.2) is 4.79 Å². The standard InChI is InChI=1S/C17H23NO4/c1-4-21-16(19)12(2)10-15-11-22-17(20)18(15)13(3)14-8-6-5-7-9-14/h5-9,12-13,15H,4,10-11H2,1-3H3/t12-,13-,15+/m0/s1. The van der Waals surface area contributed by atoms with Crippen LogP contribution in [-0.4, -0.2) is 36.2 Å². The van der Waals surface area contributed by atoms with Crippen LogP contribution in [0.5, 0.6) is 0 Å². The highest BCUT2D eigenvalue weighted by Crippen LogP contribution is 2.30. The molecule has 1 saturated heterocycles. The molecule has 1 fully saturated rings. The third kappa shape index (κ3) is 3.59. The summed E-state index contributed by atoms with van der Waals surface area (Å²) in [6, 6.07) is 9.62. The first-order chi connectivity index (χ1) is 10.5. The molecule has 0 aliphatic carbocycles. The fraction of sp³-hybridized carbons (Fsp3) is 0.529. The molecule has 22 heavy (non-hydrogen) atoms. The number of carbonyl (C=O) groups excluding carboxylic acids is 2. The zero-order valence-electron chi connectivity index (χ0n) is 13.3. The minimum absolute atomic E-state index is 0.0874. The van der Waals surface area contributed by atoms with Crippen LogP contribution in [0.3, 0.4) is 0 Å². The zero-order valence-corrected chi connectivity index (χ0v) is 13.3. The molecule has 0 unspecified atom stereocenters. The van der Waals surface area contributed by atoms with Gasteiger partial charge in [0.15, 0.2) is 0 Å². The number of rotatable bonds is 6. The van der Waals surface area contributed by atoms with Crippen LogP contribution in [0, 0.1) is 5.92 Å². The second-order valence-corrected chi connectivity index (χ2v) is 5.61. The summed E-state index contributed by atoms with van der Waals surface area (Å²) in [5.74, 6) is -0.487. The summed E-state index contributed by atoms with van der Waals surface area (Å²) in [4.78, 5) is 25.6. The van der Waals surface area contributed by atoms with Crippen LogP contribution in [0.1, 0.15) is 38.8 Å². The fourth-order valence-corrected chi connectivity index (χ4v) is 2.81. The van der Waals surface area contributed by atoms with Crippen molar-refractivity contribution in [1.82, 2.24) is 4.90 Å². The number of amides is 1. The van der Waals surface area contributed by atoms with Crippen molar-refractivity contribution in [3.63, 3.8) is 0 Å². The molecule has 0 radical (unpaired) electrons. The van der Waals surface area contributed by atoms with Crippen molar-refractivity contribution < 1.29 is 19.1 Å². The molecule has 1 aliphatic rings. The maximum Gasteiger partial charge on any atom is 0.410 e. The van der Waals surface area contributed by atoms with E-state index < -0.39 is 0 Å². The maximum atomic E-state index is 12.1. The highest BCUT2D eigenvalue weighted by Gasteiger charge is 2.38. The van der Waals surface area contributed by atoms with Gasteiger partial charge in [-0.05, 0) is 25.8 Å². The first-order valence-electron chi connectivity index (χ1n) is 7.71. The summed E-state index contributed by atoms with van der Waals surface area (Å²) >= 11 is 0. The summed E-state index contributed by atoms with van der Waals surface area (Å²) in [7, 11) is 0. The van der Waals surface area contributed by atoms with Crippen LogP contribution < -0.4 is 0 Å². The van der Waals surface area contributed by atoms with Gasteiger partial charge in [0.05, 0.1) is 24.6 Å². The Hall–Kier alpha value is -2.04. The molecular formula is C17H23NO4. The second-order valence-electron chi connectivity index (χ2n) is 5.61. The lowest BCUT2D eigenvalue weighted by Gasteiger charge is -2.29. The van der Waals surface area contributed by atoms with Gasteiger partial charge in [-0.2, -0.15) is 0 Å². The molecule has 1 heterocycles. The van der Waals surface area contributed by atoms with E-state index >= 15 is 0 Å². The van der Waals surface area contributed by atoms with Gasteiger partial charge < -0.3 is 9.47 Å². The topological polar surface area (TPSA) is 55.8 Å². The van der Waals surface area contributed by atoms with Crippen molar-refractivity contribution in [2.75, 3.05) is 13.2 Å². The number of hydrogen-bond acceptors (Lipinski definition) is 4. The predicted molar refractivity (Wildman–Crippen MR) is 82.2 cm³/mol. The SMILES string of the molecule is CCOC(=O)[C@@H](C)C[C@@H]1COC(=O)N1[C@@H](C)c1ccccc1. The molecule has 1 aromatic carbocycles. The lowest BCUT2D eigenvalue weighted by Crippen LogP contribution is -2.38. The Morgan fingerprint density at radius 2 is 2.05 bits per heavy atom. The Kier molecular flexibility index (Phi) is 5.41. The van der Waals surface area contributed by atoms with E-state index in [0.29, 0.717) is 19.6 Å². The number of esters is 1. The summed E-state index contributed by atoms with van der Waals surface area (Å²) in [6.07, 6.45) is 0.222. The first kappa shape index (κ1) is 16.3. The quantitative estimate of drug-likeness (QED) is 0.758. The molecule has 3 atom stereocenters. The van der Waals surface area contributed by atoms with Gasteiger partial charge >= 0.3 is 12.1 Å². The van der Waals surface area contributed by atoms with Crippen molar-refractivity contribution in [1.29, 1.82) is 0 Å². The average molecular weight is 305 g/mol. The lowest BCUT2D eigenvalue weighted by molar-refractivity contribution is -0.148. The van der Waals surface area contributed by atoms with E-state index in [4.69, 9.17) is 9.47 Å². The van der Waals surface area contributed by atoms with Crippen molar-refractivity contribution in [3.05, 3.63) is 35.9 Å². The van der Waals surface area contributed by atoms with Gasteiger partial charge in [0.2, 0.25) is 0 Å². The molecule has 5 heteroatoms. The minimum atomic E-state index is -0.322. The molecule has 0 bridgehead atoms. The Morgan fingerprint density at radius 1 is 1.36 bits per heavy atom. The van der Waals surface area contributed by atoms with E-state index in [9.17, 15) is 9.59 Å². The van der Waals surface area contributed by atoms with Gasteiger partial charge in [-0.15, -0.1) is 0 Å². The smallest absolute Gasteiger partial charge is 0.410 e. The number of carbonyl (C=O) groups is 2. The lowest BCUT2D eigenvalue weighted by atomic mass is 9.99. The van der Waals surface area contributed by atoms with E-state index in [1.165, 1.54) is 0 Å². The molecule has 0 spiro atoms. The Labute approximate surface area is 131 Å². The van der Waals surface area contributed by atoms with Crippen LogP contribution in [0.4, 0.5) is 4.79 Å². The van der Waals surface area contributed by atoms with Gasteiger partial charge in [0.1, 0.15) is 6.61 Å². The molecule has 1 aromatic rings. The molecule has 0 aromatic heterocycles. The van der Waals surface area contributed by atoms with Crippen molar-refractivity contribution in [2.45, 2.75) is 39.3 Å². The summed E-state index contributed by atoms with van der Waals surface area (Å²) in [5, 5.41) is 0. The third-order valence-corrected chi connectivity index (χ3v) is 4.02. The normalized spacial score (nSPS) is 20.4. The van der Waals surface area contributed by atoms with E-state index in [-0.39, 0.29) is 30.1 Å². The van der Waals surface area contributed by atoms with E-state index in [1.54, 1.807) is 11.8 Å². The zero-order chi connectivity index (χ0) is 16.1. The molecular weight excluding hydrogens is 282 g/mol. The monoisotopic (exact) mass is 305 g/mol. The van der Waals surface area contributed by atoms with Crippen LogP contribution >= 0.6 is 0 Å². The molecule has 1 aliphatic heterocycles. The predicted octanol–water partition coefficient (Wildman–Crippen LogP) is 3.16. The molecule has 0 N–H and O–H groups in total. The molecule has 1 amide bonds. The molecule has 5 nitrogen and oxygen atoms in total. The van der Waals surface area contributed by atoms with Crippen molar-refractivity contribution >= 4 is 12.1 Å². The largest absolute Gasteiger partial charge is 0.466 e. The number of nitrogens with zero attached hydrogens (tertiary/aromatic N) is 1. The molecule has 0 saturated carbocycles. The molecule has 120 valence electrons. The van der Waals surface area contributed by atoms with Crippen molar-refractivity contribution in [2.24, 2.45) is 5.92 Å². The molecule has 2 rings (SSSR count). The fourth-order valence-electron chi connectivity index (χ4n) is 2.81. The van der Waals surface area contributed by atoms with Gasteiger partial charge in [-0.1, -0.05) is 37.3 Å². The van der Waals surface area contributed by atoms with Crippen LogP contribution in [-0.2, 0) is 14.3 Å². The van der Waals surface area contributed by atoms with E-state index in [1.807, 2.05) is 44.2 Å². The number of ether oxygens (including phenoxy) is 2. The van der Waals surface area contributed by atoms with Crippen LogP contribution in [0.15, 0.2) is 30.3 Å². The van der Waals surface area contributed by atoms with Gasteiger partial charge in [0, 0.05) is 0 Å². The highest BCUT2D eigenvalue weighted by molar-refractivity contribution is 5.73. The Bertz CT molecular complexity index is 517. The minimum Gasteiger partial charge on any atom is -0.466 e. The first-order valence-corrected chi connectivity index (χ1v) is 7.71. The summed E-state index contributed by atoms with van der Waals surface area (Å²) < 4.78 is 10.2. The Morgan fingerprint density at radius 3 is 2.68 bits per heavy atom. The summed E-state index contributed by atoms with van der Waals surface area (Å²) in [5.41, 5.74) is 1.05. The van der Waals surface area contributed by atoms with Crippen LogP contribution in [0.2, 0.25) is 0 Å².